The van der Waals surface area contributed by atoms with E-state index in [0.717, 1.165) is 17.0 Å². The Morgan fingerprint density at radius 3 is 2.48 bits per heavy atom. The average molecular weight is 400 g/mol. The molecule has 2 aromatic carbocycles. The molecule has 0 spiro atoms. The van der Waals surface area contributed by atoms with Gasteiger partial charge in [0.1, 0.15) is 23.1 Å². The summed E-state index contributed by atoms with van der Waals surface area (Å²) in [5.41, 5.74) is 1.39. The molecule has 0 radical (unpaired) electrons. The van der Waals surface area contributed by atoms with Gasteiger partial charge < -0.3 is 10.1 Å². The van der Waals surface area contributed by atoms with E-state index in [2.05, 4.69) is 15.3 Å². The molecule has 1 N–H and O–H groups in total. The molecule has 0 bridgehead atoms. The second-order valence-corrected chi connectivity index (χ2v) is 6.38. The maximum atomic E-state index is 14.4. The van der Waals surface area contributed by atoms with Gasteiger partial charge in [0, 0.05) is 11.1 Å². The van der Waals surface area contributed by atoms with Crippen LogP contribution in [0.15, 0.2) is 36.4 Å². The van der Waals surface area contributed by atoms with Crippen molar-refractivity contribution in [1.29, 1.82) is 0 Å². The number of rotatable bonds is 3. The zero-order valence-electron chi connectivity index (χ0n) is 15.5. The molecule has 29 heavy (non-hydrogen) atoms. The number of carbonyl (C=O) groups excluding carboxylic acids is 1. The molecule has 4 rings (SSSR count). The molecule has 1 aliphatic rings. The van der Waals surface area contributed by atoms with E-state index in [0.29, 0.717) is 22.4 Å². The monoisotopic (exact) mass is 400 g/mol. The van der Waals surface area contributed by atoms with Crippen LogP contribution in [-0.4, -0.2) is 23.1 Å². The molecule has 1 aromatic heterocycles. The number of aryl methyl sites for hydroxylation is 1. The summed E-state index contributed by atoms with van der Waals surface area (Å²) >= 11 is 0. The lowest BCUT2D eigenvalue weighted by Gasteiger charge is -2.30. The Labute approximate surface area is 164 Å². The lowest BCUT2D eigenvalue weighted by Crippen LogP contribution is -2.43. The third-order valence-corrected chi connectivity index (χ3v) is 4.58. The van der Waals surface area contributed by atoms with Gasteiger partial charge in [-0.3, -0.25) is 0 Å². The minimum absolute atomic E-state index is 0.0108. The van der Waals surface area contributed by atoms with Gasteiger partial charge in [0.2, 0.25) is 0 Å². The molecule has 0 saturated heterocycles. The van der Waals surface area contributed by atoms with Gasteiger partial charge >= 0.3 is 12.0 Å². The molecule has 9 heteroatoms. The van der Waals surface area contributed by atoms with Gasteiger partial charge in [-0.05, 0) is 42.8 Å². The van der Waals surface area contributed by atoms with Crippen LogP contribution in [0.4, 0.5) is 29.5 Å². The Kier molecular flexibility index (Phi) is 4.57. The Morgan fingerprint density at radius 1 is 1.10 bits per heavy atom. The molecule has 1 aliphatic heterocycles. The highest BCUT2D eigenvalue weighted by molar-refractivity contribution is 6.02. The summed E-state index contributed by atoms with van der Waals surface area (Å²) in [4.78, 5) is 21.9. The van der Waals surface area contributed by atoms with Crippen molar-refractivity contribution in [2.45, 2.75) is 13.5 Å². The summed E-state index contributed by atoms with van der Waals surface area (Å²) in [5, 5.41) is 2.58. The van der Waals surface area contributed by atoms with Crippen molar-refractivity contribution in [3.05, 3.63) is 65.0 Å². The van der Waals surface area contributed by atoms with Crippen molar-refractivity contribution < 1.29 is 22.7 Å². The molecule has 0 fully saturated rings. The van der Waals surface area contributed by atoms with E-state index in [-0.39, 0.29) is 18.4 Å². The van der Waals surface area contributed by atoms with Crippen molar-refractivity contribution in [1.82, 2.24) is 15.3 Å². The molecular formula is C20H15F3N4O2. The fraction of sp³-hybridized carbons (Fsp3) is 0.150. The summed E-state index contributed by atoms with van der Waals surface area (Å²) in [6.45, 7) is 1.73. The summed E-state index contributed by atoms with van der Waals surface area (Å²) in [5.74, 6) is -2.27. The number of para-hydroxylation sites is 1. The summed E-state index contributed by atoms with van der Waals surface area (Å²) in [6, 6.07) is 6.60. The Balaban J connectivity index is 2.00. The molecule has 0 aliphatic carbocycles. The first kappa shape index (κ1) is 18.7. The number of aromatic nitrogens is 2. The van der Waals surface area contributed by atoms with E-state index in [9.17, 15) is 18.0 Å². The molecular weight excluding hydrogens is 385 g/mol. The fourth-order valence-electron chi connectivity index (χ4n) is 3.26. The zero-order chi connectivity index (χ0) is 20.7. The van der Waals surface area contributed by atoms with Crippen LogP contribution in [0.1, 0.15) is 11.1 Å². The standard InChI is InChI=1S/C20H15F3N4O2/c1-10-8-11(21)6-7-12(10)16-13-9-24-20(28)27(18(13)26-19(25-16)29-2)17-14(22)4-3-5-15(17)23/h3-8H,9H2,1-2H3,(H,24,28). The van der Waals surface area contributed by atoms with Gasteiger partial charge in [-0.1, -0.05) is 6.07 Å². The number of anilines is 2. The number of carbonyl (C=O) groups is 1. The van der Waals surface area contributed by atoms with Gasteiger partial charge in [-0.2, -0.15) is 9.97 Å². The van der Waals surface area contributed by atoms with Crippen molar-refractivity contribution in [2.75, 3.05) is 12.0 Å². The SMILES string of the molecule is COc1nc(-c2ccc(F)cc2C)c2c(n1)N(c1c(F)cccc1F)C(=O)NC2. The van der Waals surface area contributed by atoms with E-state index in [4.69, 9.17) is 4.74 Å². The first-order valence-electron chi connectivity index (χ1n) is 8.64. The van der Waals surface area contributed by atoms with Crippen molar-refractivity contribution in [3.63, 3.8) is 0 Å². The molecule has 0 saturated carbocycles. The van der Waals surface area contributed by atoms with Gasteiger partial charge in [-0.15, -0.1) is 0 Å². The lowest BCUT2D eigenvalue weighted by atomic mass is 10.00. The first-order chi connectivity index (χ1) is 13.9. The van der Waals surface area contributed by atoms with Gasteiger partial charge in [-0.25, -0.2) is 22.9 Å². The number of nitrogens with zero attached hydrogens (tertiary/aromatic N) is 3. The van der Waals surface area contributed by atoms with Crippen LogP contribution < -0.4 is 15.0 Å². The van der Waals surface area contributed by atoms with Gasteiger partial charge in [0.15, 0.2) is 5.82 Å². The second-order valence-electron chi connectivity index (χ2n) is 6.38. The van der Waals surface area contributed by atoms with E-state index in [1.165, 1.54) is 31.4 Å². The number of nitrogens with one attached hydrogen (secondary N) is 1. The molecule has 2 heterocycles. The zero-order valence-corrected chi connectivity index (χ0v) is 15.5. The van der Waals surface area contributed by atoms with Crippen molar-refractivity contribution >= 4 is 17.5 Å². The minimum Gasteiger partial charge on any atom is -0.467 e. The molecule has 0 unspecified atom stereocenters. The Bertz CT molecular complexity index is 1120. The molecule has 0 atom stereocenters. The van der Waals surface area contributed by atoms with Crippen LogP contribution >= 0.6 is 0 Å². The van der Waals surface area contributed by atoms with E-state index < -0.39 is 29.2 Å². The number of ether oxygens (including phenoxy) is 1. The minimum atomic E-state index is -0.926. The second kappa shape index (κ2) is 7.08. The quantitative estimate of drug-likeness (QED) is 0.714. The van der Waals surface area contributed by atoms with Crippen molar-refractivity contribution in [2.24, 2.45) is 0 Å². The molecule has 3 aromatic rings. The van der Waals surface area contributed by atoms with Crippen LogP contribution in [-0.2, 0) is 6.54 Å². The summed E-state index contributed by atoms with van der Waals surface area (Å²) in [6.07, 6.45) is 0. The number of halogens is 3. The number of amides is 2. The van der Waals surface area contributed by atoms with E-state index >= 15 is 0 Å². The first-order valence-corrected chi connectivity index (χ1v) is 8.64. The largest absolute Gasteiger partial charge is 0.467 e. The number of benzene rings is 2. The fourth-order valence-corrected chi connectivity index (χ4v) is 3.26. The van der Waals surface area contributed by atoms with Crippen LogP contribution in [0.25, 0.3) is 11.3 Å². The van der Waals surface area contributed by atoms with Crippen LogP contribution in [0.2, 0.25) is 0 Å². The van der Waals surface area contributed by atoms with E-state index in [1.807, 2.05) is 0 Å². The summed E-state index contributed by atoms with van der Waals surface area (Å²) in [7, 11) is 1.33. The molecule has 148 valence electrons. The predicted molar refractivity (Wildman–Crippen MR) is 99.4 cm³/mol. The van der Waals surface area contributed by atoms with Crippen molar-refractivity contribution in [3.8, 4) is 17.3 Å². The van der Waals surface area contributed by atoms with Gasteiger partial charge in [0.05, 0.1) is 19.3 Å². The van der Waals surface area contributed by atoms with Crippen LogP contribution in [0.3, 0.4) is 0 Å². The Morgan fingerprint density at radius 2 is 1.83 bits per heavy atom. The maximum Gasteiger partial charge on any atom is 0.328 e. The Hall–Kier alpha value is -3.62. The number of hydrogen-bond donors (Lipinski definition) is 1. The smallest absolute Gasteiger partial charge is 0.328 e. The van der Waals surface area contributed by atoms with E-state index in [1.54, 1.807) is 6.92 Å². The lowest BCUT2D eigenvalue weighted by molar-refractivity contribution is 0.246. The third-order valence-electron chi connectivity index (χ3n) is 4.58. The average Bonchev–Trinajstić information content (AvgIpc) is 2.68. The number of fused-ring (bicyclic) bond motifs is 1. The normalized spacial score (nSPS) is 13.1. The third kappa shape index (κ3) is 3.14. The van der Waals surface area contributed by atoms with Crippen LogP contribution in [0.5, 0.6) is 6.01 Å². The highest BCUT2D eigenvalue weighted by Crippen LogP contribution is 2.39. The maximum absolute atomic E-state index is 14.4. The highest BCUT2D eigenvalue weighted by Gasteiger charge is 2.34. The predicted octanol–water partition coefficient (Wildman–Crippen LogP) is 4.24. The highest BCUT2D eigenvalue weighted by atomic mass is 19.1. The van der Waals surface area contributed by atoms with Gasteiger partial charge in [0.25, 0.3) is 0 Å². The number of hydrogen-bond acceptors (Lipinski definition) is 4. The topological polar surface area (TPSA) is 67.4 Å². The number of urea groups is 1. The summed E-state index contributed by atoms with van der Waals surface area (Å²) < 4.78 is 47.6. The molecule has 2 amide bonds. The molecule has 6 nitrogen and oxygen atoms in total. The number of methoxy groups -OCH3 is 1. The van der Waals surface area contributed by atoms with Crippen LogP contribution in [0, 0.1) is 24.4 Å².